The van der Waals surface area contributed by atoms with E-state index in [0.717, 1.165) is 12.1 Å². The number of alkyl halides is 3. The molecule has 2 nitrogen and oxygen atoms in total. The van der Waals surface area contributed by atoms with Crippen LogP contribution >= 0.6 is 15.9 Å². The fourth-order valence-electron chi connectivity index (χ4n) is 1.53. The Bertz CT molecular complexity index is 589. The molecule has 0 aliphatic heterocycles. The fourth-order valence-corrected chi connectivity index (χ4v) is 2.01. The SMILES string of the molecule is O=Cc1ccn(-c2cc(Br)cc(C(F)(F)F)c2)c1. The second kappa shape index (κ2) is 4.61. The van der Waals surface area contributed by atoms with E-state index in [9.17, 15) is 18.0 Å². The number of halogens is 4. The van der Waals surface area contributed by atoms with Crippen LogP contribution < -0.4 is 0 Å². The van der Waals surface area contributed by atoms with Crippen LogP contribution in [0.1, 0.15) is 15.9 Å². The number of carbonyl (C=O) groups excluding carboxylic acids is 1. The maximum absolute atomic E-state index is 12.6. The Balaban J connectivity index is 2.51. The normalized spacial score (nSPS) is 11.6. The van der Waals surface area contributed by atoms with Crippen LogP contribution in [0.15, 0.2) is 41.1 Å². The quantitative estimate of drug-likeness (QED) is 0.765. The minimum absolute atomic E-state index is 0.327. The summed E-state index contributed by atoms with van der Waals surface area (Å²) in [6.45, 7) is 0. The van der Waals surface area contributed by atoms with Gasteiger partial charge < -0.3 is 4.57 Å². The summed E-state index contributed by atoms with van der Waals surface area (Å²) in [6.07, 6.45) is -0.765. The third-order valence-electron chi connectivity index (χ3n) is 2.36. The third kappa shape index (κ3) is 2.64. The lowest BCUT2D eigenvalue weighted by atomic mass is 10.2. The highest BCUT2D eigenvalue weighted by molar-refractivity contribution is 9.10. The maximum Gasteiger partial charge on any atom is 0.416 e. The lowest BCUT2D eigenvalue weighted by Gasteiger charge is -2.10. The predicted molar refractivity (Wildman–Crippen MR) is 63.9 cm³/mol. The molecule has 1 aromatic heterocycles. The van der Waals surface area contributed by atoms with Gasteiger partial charge in [0, 0.05) is 28.1 Å². The molecular weight excluding hydrogens is 311 g/mol. The maximum atomic E-state index is 12.6. The summed E-state index contributed by atoms with van der Waals surface area (Å²) in [6, 6.07) is 5.11. The topological polar surface area (TPSA) is 22.0 Å². The summed E-state index contributed by atoms with van der Waals surface area (Å²) in [4.78, 5) is 10.5. The molecule has 0 saturated carbocycles. The van der Waals surface area contributed by atoms with Crippen molar-refractivity contribution in [2.75, 3.05) is 0 Å². The molecule has 0 saturated heterocycles. The van der Waals surface area contributed by atoms with E-state index in [0.29, 0.717) is 22.0 Å². The monoisotopic (exact) mass is 317 g/mol. The number of hydrogen-bond acceptors (Lipinski definition) is 1. The van der Waals surface area contributed by atoms with Gasteiger partial charge in [-0.3, -0.25) is 4.79 Å². The van der Waals surface area contributed by atoms with Crippen molar-refractivity contribution in [3.05, 3.63) is 52.3 Å². The van der Waals surface area contributed by atoms with E-state index in [1.807, 2.05) is 0 Å². The molecule has 18 heavy (non-hydrogen) atoms. The summed E-state index contributed by atoms with van der Waals surface area (Å²) in [5.41, 5.74) is 0.00145. The summed E-state index contributed by atoms with van der Waals surface area (Å²) in [5, 5.41) is 0. The van der Waals surface area contributed by atoms with E-state index < -0.39 is 11.7 Å². The van der Waals surface area contributed by atoms with Crippen molar-refractivity contribution in [1.29, 1.82) is 0 Å². The van der Waals surface area contributed by atoms with Gasteiger partial charge in [0.05, 0.1) is 5.56 Å². The standard InChI is InChI=1S/C12H7BrF3NO/c13-10-3-9(12(14,15)16)4-11(5-10)17-2-1-8(6-17)7-18/h1-7H. The molecule has 0 unspecified atom stereocenters. The molecule has 0 amide bonds. The Morgan fingerprint density at radius 2 is 1.94 bits per heavy atom. The summed E-state index contributed by atoms with van der Waals surface area (Å²) in [5.74, 6) is 0. The molecule has 0 aliphatic rings. The first kappa shape index (κ1) is 12.9. The van der Waals surface area contributed by atoms with Gasteiger partial charge in [-0.1, -0.05) is 15.9 Å². The molecule has 0 fully saturated rings. The van der Waals surface area contributed by atoms with Crippen LogP contribution in [0.3, 0.4) is 0 Å². The molecule has 2 aromatic rings. The van der Waals surface area contributed by atoms with Gasteiger partial charge in [0.1, 0.15) is 0 Å². The zero-order valence-electron chi connectivity index (χ0n) is 8.91. The molecule has 1 heterocycles. The Labute approximate surface area is 109 Å². The molecule has 2 rings (SSSR count). The number of aldehydes is 1. The zero-order chi connectivity index (χ0) is 13.3. The fraction of sp³-hybridized carbons (Fsp3) is 0.0833. The van der Waals surface area contributed by atoms with Crippen LogP contribution in [0.25, 0.3) is 5.69 Å². The van der Waals surface area contributed by atoms with Crippen LogP contribution in [0.4, 0.5) is 13.2 Å². The van der Waals surface area contributed by atoms with Gasteiger partial charge in [-0.15, -0.1) is 0 Å². The van der Waals surface area contributed by atoms with Gasteiger partial charge in [-0.2, -0.15) is 13.2 Å². The smallest absolute Gasteiger partial charge is 0.323 e. The van der Waals surface area contributed by atoms with Gasteiger partial charge in [0.25, 0.3) is 0 Å². The number of hydrogen-bond donors (Lipinski definition) is 0. The van der Waals surface area contributed by atoms with Crippen molar-refractivity contribution in [3.63, 3.8) is 0 Å². The van der Waals surface area contributed by atoms with Crippen molar-refractivity contribution in [1.82, 2.24) is 4.57 Å². The highest BCUT2D eigenvalue weighted by atomic mass is 79.9. The Morgan fingerprint density at radius 1 is 1.22 bits per heavy atom. The minimum Gasteiger partial charge on any atom is -0.323 e. The van der Waals surface area contributed by atoms with Crippen LogP contribution in [0, 0.1) is 0 Å². The number of aromatic nitrogens is 1. The molecule has 6 heteroatoms. The second-order valence-electron chi connectivity index (χ2n) is 3.67. The third-order valence-corrected chi connectivity index (χ3v) is 2.82. The first-order valence-electron chi connectivity index (χ1n) is 4.91. The first-order valence-corrected chi connectivity index (χ1v) is 5.71. The Morgan fingerprint density at radius 3 is 2.50 bits per heavy atom. The summed E-state index contributed by atoms with van der Waals surface area (Å²) < 4.78 is 39.7. The molecule has 0 aliphatic carbocycles. The van der Waals surface area contributed by atoms with E-state index in [1.54, 1.807) is 6.07 Å². The number of nitrogens with zero attached hydrogens (tertiary/aromatic N) is 1. The van der Waals surface area contributed by atoms with Gasteiger partial charge >= 0.3 is 6.18 Å². The lowest BCUT2D eigenvalue weighted by molar-refractivity contribution is -0.137. The molecule has 0 bridgehead atoms. The first-order chi connectivity index (χ1) is 8.40. The summed E-state index contributed by atoms with van der Waals surface area (Å²) in [7, 11) is 0. The van der Waals surface area contributed by atoms with E-state index in [-0.39, 0.29) is 0 Å². The molecular formula is C12H7BrF3NO. The zero-order valence-corrected chi connectivity index (χ0v) is 10.5. The molecule has 94 valence electrons. The van der Waals surface area contributed by atoms with Crippen LogP contribution in [0.2, 0.25) is 0 Å². The molecule has 0 spiro atoms. The van der Waals surface area contributed by atoms with Crippen molar-refractivity contribution >= 4 is 22.2 Å². The number of rotatable bonds is 2. The highest BCUT2D eigenvalue weighted by Crippen LogP contribution is 2.32. The van der Waals surface area contributed by atoms with E-state index in [4.69, 9.17) is 0 Å². The molecule has 0 radical (unpaired) electrons. The van der Waals surface area contributed by atoms with Gasteiger partial charge in [0.2, 0.25) is 0 Å². The van der Waals surface area contributed by atoms with E-state index in [2.05, 4.69) is 15.9 Å². The highest BCUT2D eigenvalue weighted by Gasteiger charge is 2.31. The van der Waals surface area contributed by atoms with E-state index in [1.165, 1.54) is 23.0 Å². The Kier molecular flexibility index (Phi) is 3.30. The lowest BCUT2D eigenvalue weighted by Crippen LogP contribution is -2.06. The average Bonchev–Trinajstić information content (AvgIpc) is 2.75. The predicted octanol–water partition coefficient (Wildman–Crippen LogP) is 4.07. The van der Waals surface area contributed by atoms with Crippen LogP contribution in [-0.4, -0.2) is 10.9 Å². The average molecular weight is 318 g/mol. The van der Waals surface area contributed by atoms with Gasteiger partial charge in [-0.05, 0) is 24.3 Å². The van der Waals surface area contributed by atoms with Crippen molar-refractivity contribution in [2.45, 2.75) is 6.18 Å². The summed E-state index contributed by atoms with van der Waals surface area (Å²) >= 11 is 3.04. The largest absolute Gasteiger partial charge is 0.416 e. The van der Waals surface area contributed by atoms with Crippen molar-refractivity contribution in [2.24, 2.45) is 0 Å². The van der Waals surface area contributed by atoms with Gasteiger partial charge in [0.15, 0.2) is 6.29 Å². The Hall–Kier alpha value is -1.56. The molecule has 0 atom stereocenters. The second-order valence-corrected chi connectivity index (χ2v) is 4.58. The van der Waals surface area contributed by atoms with E-state index >= 15 is 0 Å². The minimum atomic E-state index is -4.40. The number of carbonyl (C=O) groups is 1. The van der Waals surface area contributed by atoms with Crippen molar-refractivity contribution < 1.29 is 18.0 Å². The van der Waals surface area contributed by atoms with Crippen LogP contribution in [-0.2, 0) is 6.18 Å². The number of benzene rings is 1. The molecule has 0 N–H and O–H groups in total. The van der Waals surface area contributed by atoms with Crippen LogP contribution in [0.5, 0.6) is 0 Å². The molecule has 1 aromatic carbocycles. The van der Waals surface area contributed by atoms with Gasteiger partial charge in [-0.25, -0.2) is 0 Å². The van der Waals surface area contributed by atoms with Crippen molar-refractivity contribution in [3.8, 4) is 5.69 Å².